The highest BCUT2D eigenvalue weighted by Gasteiger charge is 2.32. The van der Waals surface area contributed by atoms with Crippen LogP contribution < -0.4 is 19.5 Å². The van der Waals surface area contributed by atoms with Gasteiger partial charge in [0, 0.05) is 12.1 Å². The molecule has 1 saturated heterocycles. The number of aromatic nitrogens is 3. The molecule has 1 fully saturated rings. The normalized spacial score (nSPS) is 17.6. The lowest BCUT2D eigenvalue weighted by Crippen LogP contribution is -2.23. The number of nitrogens with zero attached hydrogens (tertiary/aromatic N) is 3. The van der Waals surface area contributed by atoms with Gasteiger partial charge in [-0.3, -0.25) is 4.79 Å². The molecule has 0 bridgehead atoms. The van der Waals surface area contributed by atoms with Gasteiger partial charge in [0.05, 0.1) is 47.0 Å². The van der Waals surface area contributed by atoms with Gasteiger partial charge < -0.3 is 19.5 Å². The summed E-state index contributed by atoms with van der Waals surface area (Å²) in [4.78, 5) is 18.5. The number of pyridine rings is 1. The van der Waals surface area contributed by atoms with Crippen LogP contribution in [0, 0.1) is 6.92 Å². The molecule has 10 nitrogen and oxygen atoms in total. The number of carbonyl (C=O) groups excluding carboxylic acids is 1. The Morgan fingerprint density at radius 3 is 2.79 bits per heavy atom. The third kappa shape index (κ3) is 4.43. The first-order chi connectivity index (χ1) is 18.3. The Hall–Kier alpha value is -4.12. The van der Waals surface area contributed by atoms with E-state index in [2.05, 4.69) is 10.4 Å². The Morgan fingerprint density at radius 1 is 1.16 bits per heavy atom. The van der Waals surface area contributed by atoms with Gasteiger partial charge in [-0.2, -0.15) is 5.10 Å². The molecule has 2 aromatic carbocycles. The van der Waals surface area contributed by atoms with Crippen molar-refractivity contribution in [2.45, 2.75) is 25.9 Å². The van der Waals surface area contributed by atoms with Crippen molar-refractivity contribution in [1.82, 2.24) is 20.1 Å². The summed E-state index contributed by atoms with van der Waals surface area (Å²) >= 11 is 0. The summed E-state index contributed by atoms with van der Waals surface area (Å²) in [6, 6.07) is 14.4. The number of fused-ring (bicyclic) bond motifs is 2. The molecule has 1 unspecified atom stereocenters. The number of hydrogen-bond acceptors (Lipinski definition) is 8. The third-order valence-corrected chi connectivity index (χ3v) is 8.64. The lowest BCUT2D eigenvalue weighted by molar-refractivity contribution is 0.0952. The predicted molar refractivity (Wildman–Crippen MR) is 140 cm³/mol. The second-order valence-corrected chi connectivity index (χ2v) is 11.7. The lowest BCUT2D eigenvalue weighted by Gasteiger charge is -2.13. The van der Waals surface area contributed by atoms with Gasteiger partial charge in [0.1, 0.15) is 5.75 Å². The van der Waals surface area contributed by atoms with Crippen molar-refractivity contribution in [1.29, 1.82) is 0 Å². The molecule has 4 aromatic rings. The van der Waals surface area contributed by atoms with Crippen molar-refractivity contribution in [2.24, 2.45) is 0 Å². The summed E-state index contributed by atoms with van der Waals surface area (Å²) < 4.78 is 42.3. The van der Waals surface area contributed by atoms with Gasteiger partial charge in [-0.05, 0) is 49.2 Å². The molecule has 0 radical (unpaired) electrons. The van der Waals surface area contributed by atoms with E-state index in [0.29, 0.717) is 51.7 Å². The summed E-state index contributed by atoms with van der Waals surface area (Å²) in [5.41, 5.74) is 3.70. The smallest absolute Gasteiger partial charge is 0.252 e. The Balaban J connectivity index is 1.42. The Morgan fingerprint density at radius 2 is 2.00 bits per heavy atom. The van der Waals surface area contributed by atoms with Crippen LogP contribution in [0.3, 0.4) is 0 Å². The summed E-state index contributed by atoms with van der Waals surface area (Å²) in [5, 5.41) is 8.26. The number of ether oxygens (including phenoxy) is 3. The van der Waals surface area contributed by atoms with Crippen molar-refractivity contribution < 1.29 is 27.4 Å². The maximum Gasteiger partial charge on any atom is 0.252 e. The van der Waals surface area contributed by atoms with E-state index in [4.69, 9.17) is 19.2 Å². The molecule has 1 amide bonds. The Kier molecular flexibility index (Phi) is 5.94. The Bertz CT molecular complexity index is 1680. The van der Waals surface area contributed by atoms with E-state index in [0.717, 1.165) is 11.1 Å². The Labute approximate surface area is 219 Å². The van der Waals surface area contributed by atoms with Gasteiger partial charge in [-0.25, -0.2) is 18.1 Å². The van der Waals surface area contributed by atoms with Gasteiger partial charge in [0.2, 0.25) is 6.79 Å². The number of rotatable bonds is 6. The summed E-state index contributed by atoms with van der Waals surface area (Å²) in [7, 11) is -1.56. The van der Waals surface area contributed by atoms with E-state index in [-0.39, 0.29) is 36.8 Å². The molecule has 4 heterocycles. The minimum absolute atomic E-state index is 0.0000683. The molecule has 0 spiro atoms. The van der Waals surface area contributed by atoms with Gasteiger partial charge in [-0.1, -0.05) is 18.2 Å². The molecular formula is C27H26N4O6S. The molecule has 11 heteroatoms. The number of hydrogen-bond donors (Lipinski definition) is 1. The largest absolute Gasteiger partial charge is 0.497 e. The number of sulfone groups is 1. The average Bonchev–Trinajstić information content (AvgIpc) is 3.63. The fraction of sp³-hybridized carbons (Fsp3) is 0.296. The van der Waals surface area contributed by atoms with Crippen LogP contribution in [0.5, 0.6) is 17.2 Å². The molecule has 1 atom stereocenters. The number of aryl methyl sites for hydroxylation is 1. The van der Waals surface area contributed by atoms with E-state index >= 15 is 0 Å². The number of benzene rings is 2. The molecule has 38 heavy (non-hydrogen) atoms. The molecule has 2 aromatic heterocycles. The van der Waals surface area contributed by atoms with E-state index in [1.807, 2.05) is 49.4 Å². The highest BCUT2D eigenvalue weighted by molar-refractivity contribution is 7.91. The monoisotopic (exact) mass is 534 g/mol. The molecule has 0 saturated carbocycles. The van der Waals surface area contributed by atoms with Crippen LogP contribution in [-0.2, 0) is 16.4 Å². The minimum Gasteiger partial charge on any atom is -0.497 e. The first kappa shape index (κ1) is 24.2. The fourth-order valence-corrected chi connectivity index (χ4v) is 6.67. The number of methoxy groups -OCH3 is 1. The maximum atomic E-state index is 13.6. The highest BCUT2D eigenvalue weighted by Crippen LogP contribution is 2.34. The second kappa shape index (κ2) is 9.32. The minimum atomic E-state index is -3.15. The van der Waals surface area contributed by atoms with Crippen LogP contribution in [0.1, 0.15) is 34.1 Å². The topological polar surface area (TPSA) is 122 Å². The van der Waals surface area contributed by atoms with Gasteiger partial charge in [0.15, 0.2) is 27.0 Å². The van der Waals surface area contributed by atoms with Crippen molar-refractivity contribution >= 4 is 26.8 Å². The van der Waals surface area contributed by atoms with Crippen LogP contribution in [0.4, 0.5) is 0 Å². The zero-order valence-electron chi connectivity index (χ0n) is 20.9. The number of amides is 1. The predicted octanol–water partition coefficient (Wildman–Crippen LogP) is 3.43. The zero-order valence-corrected chi connectivity index (χ0v) is 21.7. The molecule has 2 aliphatic heterocycles. The fourth-order valence-electron chi connectivity index (χ4n) is 4.97. The average molecular weight is 535 g/mol. The van der Waals surface area contributed by atoms with Crippen LogP contribution in [-0.4, -0.2) is 54.5 Å². The molecule has 196 valence electrons. The van der Waals surface area contributed by atoms with Crippen LogP contribution in [0.25, 0.3) is 22.3 Å². The van der Waals surface area contributed by atoms with E-state index in [1.165, 1.54) is 0 Å². The highest BCUT2D eigenvalue weighted by atomic mass is 32.2. The van der Waals surface area contributed by atoms with Crippen molar-refractivity contribution in [3.63, 3.8) is 0 Å². The van der Waals surface area contributed by atoms with Crippen LogP contribution >= 0.6 is 0 Å². The molecule has 0 aliphatic carbocycles. The summed E-state index contributed by atoms with van der Waals surface area (Å²) in [6.07, 6.45) is 0.454. The van der Waals surface area contributed by atoms with Crippen molar-refractivity contribution in [3.8, 4) is 28.5 Å². The zero-order chi connectivity index (χ0) is 26.4. The van der Waals surface area contributed by atoms with Gasteiger partial charge in [-0.15, -0.1) is 0 Å². The third-order valence-electron chi connectivity index (χ3n) is 6.89. The van der Waals surface area contributed by atoms with E-state index < -0.39 is 9.84 Å². The van der Waals surface area contributed by atoms with Crippen LogP contribution in [0.2, 0.25) is 0 Å². The molecule has 1 N–H and O–H groups in total. The summed E-state index contributed by atoms with van der Waals surface area (Å²) in [6.45, 7) is 2.27. The van der Waals surface area contributed by atoms with Crippen molar-refractivity contribution in [2.75, 3.05) is 25.4 Å². The van der Waals surface area contributed by atoms with Crippen LogP contribution in [0.15, 0.2) is 48.5 Å². The van der Waals surface area contributed by atoms with E-state index in [1.54, 1.807) is 17.9 Å². The molecular weight excluding hydrogens is 508 g/mol. The number of carbonyl (C=O) groups is 1. The molecule has 2 aliphatic rings. The summed E-state index contributed by atoms with van der Waals surface area (Å²) in [5.74, 6) is 1.80. The van der Waals surface area contributed by atoms with E-state index in [9.17, 15) is 13.2 Å². The molecule has 6 rings (SSSR count). The van der Waals surface area contributed by atoms with Gasteiger partial charge in [0.25, 0.3) is 5.91 Å². The second-order valence-electron chi connectivity index (χ2n) is 9.44. The quantitative estimate of drug-likeness (QED) is 0.399. The SMILES string of the molecule is COc1cccc(-c2cc(C(=O)NCc3ccc4c(c3)OCO4)c3c(C)nn(C4CCS(=O)(=O)C4)c3n2)c1. The first-order valence-corrected chi connectivity index (χ1v) is 14.0. The van der Waals surface area contributed by atoms with Gasteiger partial charge >= 0.3 is 0 Å². The van der Waals surface area contributed by atoms with Crippen molar-refractivity contribution in [3.05, 3.63) is 65.4 Å². The standard InChI is InChI=1S/C27H26N4O6S/c1-16-25-21(27(32)28-13-17-6-7-23-24(10-17)37-15-36-23)12-22(18-4-3-5-20(11-18)35-2)29-26(25)31(30-16)19-8-9-38(33,34)14-19/h3-7,10-12,19H,8-9,13-15H2,1-2H3,(H,28,32). The lowest BCUT2D eigenvalue weighted by atomic mass is 10.0. The first-order valence-electron chi connectivity index (χ1n) is 12.2. The number of nitrogens with one attached hydrogen (secondary N) is 1. The maximum absolute atomic E-state index is 13.6.